The summed E-state index contributed by atoms with van der Waals surface area (Å²) in [6, 6.07) is 7.93. The predicted octanol–water partition coefficient (Wildman–Crippen LogP) is 1.76. The number of nitrogens with one attached hydrogen (secondary N) is 1. The molecule has 0 aliphatic carbocycles. The molecular weight excluding hydrogens is 214 g/mol. The van der Waals surface area contributed by atoms with E-state index in [2.05, 4.69) is 15.3 Å². The van der Waals surface area contributed by atoms with Crippen molar-refractivity contribution in [1.29, 1.82) is 0 Å². The monoisotopic (exact) mass is 229 g/mol. The van der Waals surface area contributed by atoms with Crippen molar-refractivity contribution in [2.75, 3.05) is 13.1 Å². The molecule has 88 valence electrons. The first-order valence-electron chi connectivity index (χ1n) is 6.00. The lowest BCUT2D eigenvalue weighted by atomic mass is 10.1. The number of hydrogen-bond donors (Lipinski definition) is 1. The Kier molecular flexibility index (Phi) is 2.88. The number of benzene rings is 1. The van der Waals surface area contributed by atoms with Gasteiger partial charge >= 0.3 is 0 Å². The fraction of sp³-hybridized carbons (Fsp3) is 0.385. The summed E-state index contributed by atoms with van der Waals surface area (Å²) in [5.74, 6) is 0.698. The van der Waals surface area contributed by atoms with Crippen molar-refractivity contribution in [2.45, 2.75) is 18.9 Å². The second-order valence-corrected chi connectivity index (χ2v) is 4.28. The molecule has 0 saturated carbocycles. The topological polar surface area (TPSA) is 47.0 Å². The van der Waals surface area contributed by atoms with Gasteiger partial charge in [-0.15, -0.1) is 0 Å². The number of piperidine rings is 1. The molecule has 0 spiro atoms. The lowest BCUT2D eigenvalue weighted by Gasteiger charge is -2.23. The number of ether oxygens (including phenoxy) is 1. The van der Waals surface area contributed by atoms with Crippen molar-refractivity contribution < 1.29 is 4.74 Å². The van der Waals surface area contributed by atoms with Crippen LogP contribution < -0.4 is 10.1 Å². The van der Waals surface area contributed by atoms with E-state index in [1.165, 1.54) is 0 Å². The number of nitrogens with zero attached hydrogens (tertiary/aromatic N) is 2. The van der Waals surface area contributed by atoms with Crippen LogP contribution in [0.15, 0.2) is 30.6 Å². The maximum atomic E-state index is 5.95. The second kappa shape index (κ2) is 4.67. The van der Waals surface area contributed by atoms with Crippen LogP contribution in [0.4, 0.5) is 0 Å². The van der Waals surface area contributed by atoms with Gasteiger partial charge in [0.2, 0.25) is 5.88 Å². The van der Waals surface area contributed by atoms with E-state index in [4.69, 9.17) is 4.74 Å². The van der Waals surface area contributed by atoms with Crippen LogP contribution in [-0.2, 0) is 0 Å². The first-order valence-corrected chi connectivity index (χ1v) is 6.00. The SMILES string of the molecule is c1ccc2c(O[C@@H]3CCCNC3)ncnc2c1. The van der Waals surface area contributed by atoms with E-state index in [9.17, 15) is 0 Å². The molecule has 0 bridgehead atoms. The molecule has 1 aromatic heterocycles. The van der Waals surface area contributed by atoms with Crippen molar-refractivity contribution in [3.05, 3.63) is 30.6 Å². The molecule has 1 atom stereocenters. The number of rotatable bonds is 2. The quantitative estimate of drug-likeness (QED) is 0.852. The minimum absolute atomic E-state index is 0.224. The van der Waals surface area contributed by atoms with Crippen molar-refractivity contribution in [3.8, 4) is 5.88 Å². The third-order valence-corrected chi connectivity index (χ3v) is 3.04. The Morgan fingerprint density at radius 1 is 1.24 bits per heavy atom. The van der Waals surface area contributed by atoms with Crippen molar-refractivity contribution in [2.24, 2.45) is 0 Å². The Balaban J connectivity index is 1.89. The van der Waals surface area contributed by atoms with E-state index in [0.717, 1.165) is 36.8 Å². The van der Waals surface area contributed by atoms with Crippen LogP contribution in [0.1, 0.15) is 12.8 Å². The number of aromatic nitrogens is 2. The first kappa shape index (κ1) is 10.5. The third-order valence-electron chi connectivity index (χ3n) is 3.04. The van der Waals surface area contributed by atoms with E-state index in [1.54, 1.807) is 6.33 Å². The van der Waals surface area contributed by atoms with Crippen LogP contribution in [0.25, 0.3) is 10.9 Å². The van der Waals surface area contributed by atoms with Crippen LogP contribution in [0.5, 0.6) is 5.88 Å². The molecule has 1 fully saturated rings. The van der Waals surface area contributed by atoms with E-state index in [0.29, 0.717) is 5.88 Å². The molecule has 4 nitrogen and oxygen atoms in total. The molecule has 0 amide bonds. The molecule has 1 saturated heterocycles. The van der Waals surface area contributed by atoms with Gasteiger partial charge in [0.1, 0.15) is 12.4 Å². The largest absolute Gasteiger partial charge is 0.472 e. The van der Waals surface area contributed by atoms with Gasteiger partial charge in [-0.25, -0.2) is 9.97 Å². The normalized spacial score (nSPS) is 20.4. The Morgan fingerprint density at radius 2 is 2.18 bits per heavy atom. The maximum Gasteiger partial charge on any atom is 0.224 e. The average molecular weight is 229 g/mol. The second-order valence-electron chi connectivity index (χ2n) is 4.28. The smallest absolute Gasteiger partial charge is 0.224 e. The zero-order chi connectivity index (χ0) is 11.5. The summed E-state index contributed by atoms with van der Waals surface area (Å²) in [6.45, 7) is 1.99. The van der Waals surface area contributed by atoms with Crippen molar-refractivity contribution in [3.63, 3.8) is 0 Å². The van der Waals surface area contributed by atoms with Gasteiger partial charge in [-0.05, 0) is 31.5 Å². The van der Waals surface area contributed by atoms with E-state index in [-0.39, 0.29) is 6.10 Å². The van der Waals surface area contributed by atoms with Gasteiger partial charge < -0.3 is 10.1 Å². The molecule has 4 heteroatoms. The van der Waals surface area contributed by atoms with Gasteiger partial charge in [0.15, 0.2) is 0 Å². The molecule has 2 aromatic rings. The van der Waals surface area contributed by atoms with Gasteiger partial charge in [0, 0.05) is 6.54 Å². The fourth-order valence-corrected chi connectivity index (χ4v) is 2.15. The molecule has 3 rings (SSSR count). The maximum absolute atomic E-state index is 5.95. The highest BCUT2D eigenvalue weighted by Gasteiger charge is 2.16. The molecular formula is C13H15N3O. The lowest BCUT2D eigenvalue weighted by Crippen LogP contribution is -2.37. The summed E-state index contributed by atoms with van der Waals surface area (Å²) in [7, 11) is 0. The highest BCUT2D eigenvalue weighted by Crippen LogP contribution is 2.22. The third kappa shape index (κ3) is 2.22. The highest BCUT2D eigenvalue weighted by molar-refractivity contribution is 5.82. The van der Waals surface area contributed by atoms with Crippen LogP contribution >= 0.6 is 0 Å². The van der Waals surface area contributed by atoms with Gasteiger partial charge in [-0.3, -0.25) is 0 Å². The minimum Gasteiger partial charge on any atom is -0.472 e. The Bertz CT molecular complexity index is 503. The summed E-state index contributed by atoms with van der Waals surface area (Å²) in [4.78, 5) is 8.47. The van der Waals surface area contributed by atoms with Gasteiger partial charge in [-0.1, -0.05) is 12.1 Å². The minimum atomic E-state index is 0.224. The summed E-state index contributed by atoms with van der Waals surface area (Å²) in [6.07, 6.45) is 4.04. The van der Waals surface area contributed by atoms with Crippen molar-refractivity contribution in [1.82, 2.24) is 15.3 Å². The van der Waals surface area contributed by atoms with E-state index < -0.39 is 0 Å². The standard InChI is InChI=1S/C13H15N3O/c1-2-6-12-11(5-1)13(16-9-15-12)17-10-4-3-7-14-8-10/h1-2,5-6,9-10,14H,3-4,7-8H2/t10-/m1/s1. The van der Waals surface area contributed by atoms with Gasteiger partial charge in [-0.2, -0.15) is 0 Å². The first-order chi connectivity index (χ1) is 8.43. The molecule has 1 aromatic carbocycles. The Hall–Kier alpha value is -1.68. The molecule has 1 aliphatic rings. The summed E-state index contributed by atoms with van der Waals surface area (Å²) in [5, 5.41) is 4.32. The van der Waals surface area contributed by atoms with Gasteiger partial charge in [0.05, 0.1) is 10.9 Å². The number of hydrogen-bond acceptors (Lipinski definition) is 4. The number of fused-ring (bicyclic) bond motifs is 1. The molecule has 17 heavy (non-hydrogen) atoms. The molecule has 0 radical (unpaired) electrons. The average Bonchev–Trinajstić information content (AvgIpc) is 2.40. The zero-order valence-electron chi connectivity index (χ0n) is 9.60. The van der Waals surface area contributed by atoms with Crippen LogP contribution in [0.3, 0.4) is 0 Å². The predicted molar refractivity (Wildman–Crippen MR) is 66.1 cm³/mol. The van der Waals surface area contributed by atoms with Crippen LogP contribution in [0.2, 0.25) is 0 Å². The Morgan fingerprint density at radius 3 is 3.06 bits per heavy atom. The summed E-state index contributed by atoms with van der Waals surface area (Å²) >= 11 is 0. The number of para-hydroxylation sites is 1. The summed E-state index contributed by atoms with van der Waals surface area (Å²) in [5.41, 5.74) is 0.932. The van der Waals surface area contributed by atoms with Crippen LogP contribution in [0, 0.1) is 0 Å². The molecule has 0 unspecified atom stereocenters. The summed E-state index contributed by atoms with van der Waals surface area (Å²) < 4.78 is 5.95. The van der Waals surface area contributed by atoms with Gasteiger partial charge in [0.25, 0.3) is 0 Å². The molecule has 2 heterocycles. The Labute approximate surface area is 100 Å². The fourth-order valence-electron chi connectivity index (χ4n) is 2.15. The lowest BCUT2D eigenvalue weighted by molar-refractivity contribution is 0.162. The van der Waals surface area contributed by atoms with Crippen LogP contribution in [-0.4, -0.2) is 29.2 Å². The van der Waals surface area contributed by atoms with E-state index in [1.807, 2.05) is 24.3 Å². The molecule has 1 N–H and O–H groups in total. The van der Waals surface area contributed by atoms with E-state index >= 15 is 0 Å². The van der Waals surface area contributed by atoms with Crippen molar-refractivity contribution >= 4 is 10.9 Å². The zero-order valence-corrected chi connectivity index (χ0v) is 9.60. The molecule has 1 aliphatic heterocycles. The highest BCUT2D eigenvalue weighted by atomic mass is 16.5.